The van der Waals surface area contributed by atoms with Gasteiger partial charge in [0.15, 0.2) is 4.80 Å². The molecule has 0 amide bonds. The maximum absolute atomic E-state index is 6.00. The highest BCUT2D eigenvalue weighted by molar-refractivity contribution is 7.07. The minimum Gasteiger partial charge on any atom is -0.327 e. The first-order valence-electron chi connectivity index (χ1n) is 4.17. The Hall–Kier alpha value is -1.06. The zero-order chi connectivity index (χ0) is 9.97. The second-order valence-corrected chi connectivity index (χ2v) is 4.14. The van der Waals surface area contributed by atoms with E-state index in [-0.39, 0.29) is 0 Å². The second kappa shape index (κ2) is 3.98. The van der Waals surface area contributed by atoms with Crippen LogP contribution in [0.3, 0.4) is 0 Å². The van der Waals surface area contributed by atoms with Gasteiger partial charge in [0.05, 0.1) is 10.7 Å². The molecule has 0 N–H and O–H groups in total. The van der Waals surface area contributed by atoms with E-state index >= 15 is 0 Å². The summed E-state index contributed by atoms with van der Waals surface area (Å²) < 4.78 is 1.97. The lowest BCUT2D eigenvalue weighted by Gasteiger charge is -1.95. The van der Waals surface area contributed by atoms with E-state index < -0.39 is 0 Å². The van der Waals surface area contributed by atoms with Crippen molar-refractivity contribution in [3.63, 3.8) is 0 Å². The van der Waals surface area contributed by atoms with Crippen molar-refractivity contribution in [1.29, 1.82) is 0 Å². The van der Waals surface area contributed by atoms with Gasteiger partial charge in [0.1, 0.15) is 0 Å². The van der Waals surface area contributed by atoms with Gasteiger partial charge in [-0.1, -0.05) is 23.7 Å². The van der Waals surface area contributed by atoms with Gasteiger partial charge >= 0.3 is 0 Å². The predicted octanol–water partition coefficient (Wildman–Crippen LogP) is 2.97. The zero-order valence-electron chi connectivity index (χ0n) is 7.64. The third kappa shape index (κ3) is 1.89. The number of aromatic nitrogens is 1. The molecule has 1 heterocycles. The molecule has 14 heavy (non-hydrogen) atoms. The Labute approximate surface area is 91.1 Å². The van der Waals surface area contributed by atoms with E-state index in [4.69, 9.17) is 11.6 Å². The fourth-order valence-corrected chi connectivity index (χ4v) is 2.00. The van der Waals surface area contributed by atoms with Crippen LogP contribution in [0.4, 0.5) is 5.69 Å². The number of halogens is 1. The van der Waals surface area contributed by atoms with Crippen molar-refractivity contribution >= 4 is 28.6 Å². The van der Waals surface area contributed by atoms with E-state index in [1.807, 2.05) is 47.5 Å². The predicted molar refractivity (Wildman–Crippen MR) is 60.0 cm³/mol. The third-order valence-electron chi connectivity index (χ3n) is 1.83. The molecule has 0 aliphatic carbocycles. The van der Waals surface area contributed by atoms with Gasteiger partial charge in [-0.3, -0.25) is 0 Å². The van der Waals surface area contributed by atoms with E-state index in [9.17, 15) is 0 Å². The average Bonchev–Trinajstić information content (AvgIpc) is 2.56. The SMILES string of the molecule is Cn1ccsc1=Nc1ccccc1Cl. The highest BCUT2D eigenvalue weighted by Gasteiger charge is 1.96. The average molecular weight is 225 g/mol. The molecule has 0 aliphatic rings. The topological polar surface area (TPSA) is 17.3 Å². The van der Waals surface area contributed by atoms with Crippen molar-refractivity contribution in [2.75, 3.05) is 0 Å². The Morgan fingerprint density at radius 1 is 1.36 bits per heavy atom. The summed E-state index contributed by atoms with van der Waals surface area (Å²) in [6.07, 6.45) is 1.97. The molecule has 0 saturated carbocycles. The molecule has 0 spiro atoms. The summed E-state index contributed by atoms with van der Waals surface area (Å²) in [5, 5.41) is 2.68. The highest BCUT2D eigenvalue weighted by atomic mass is 35.5. The molecule has 0 saturated heterocycles. The Bertz CT molecular complexity index is 499. The number of para-hydroxylation sites is 1. The van der Waals surface area contributed by atoms with Gasteiger partial charge in [0, 0.05) is 18.6 Å². The van der Waals surface area contributed by atoms with Crippen LogP contribution < -0.4 is 4.80 Å². The lowest BCUT2D eigenvalue weighted by molar-refractivity contribution is 0.874. The van der Waals surface area contributed by atoms with Crippen molar-refractivity contribution in [1.82, 2.24) is 4.57 Å². The molecule has 0 aliphatic heterocycles. The fraction of sp³-hybridized carbons (Fsp3) is 0.100. The van der Waals surface area contributed by atoms with Crippen molar-refractivity contribution in [3.8, 4) is 0 Å². The largest absolute Gasteiger partial charge is 0.327 e. The summed E-state index contributed by atoms with van der Waals surface area (Å²) in [6, 6.07) is 7.57. The molecule has 72 valence electrons. The molecule has 0 bridgehead atoms. The normalized spacial score (nSPS) is 12.0. The molecular formula is C10H9ClN2S. The molecule has 2 rings (SSSR count). The van der Waals surface area contributed by atoms with E-state index in [2.05, 4.69) is 4.99 Å². The number of aryl methyl sites for hydroxylation is 1. The zero-order valence-corrected chi connectivity index (χ0v) is 9.22. The van der Waals surface area contributed by atoms with E-state index in [0.29, 0.717) is 5.02 Å². The maximum Gasteiger partial charge on any atom is 0.189 e. The fourth-order valence-electron chi connectivity index (χ4n) is 1.08. The summed E-state index contributed by atoms with van der Waals surface area (Å²) in [6.45, 7) is 0. The first kappa shape index (κ1) is 9.49. The molecule has 0 fully saturated rings. The molecule has 1 aromatic carbocycles. The molecule has 2 aromatic rings. The second-order valence-electron chi connectivity index (χ2n) is 2.86. The molecule has 0 atom stereocenters. The van der Waals surface area contributed by atoms with Crippen LogP contribution in [0.1, 0.15) is 0 Å². The molecule has 2 nitrogen and oxygen atoms in total. The Kier molecular flexibility index (Phi) is 2.70. The van der Waals surface area contributed by atoms with Crippen LogP contribution in [0.2, 0.25) is 5.02 Å². The van der Waals surface area contributed by atoms with Crippen LogP contribution in [-0.2, 0) is 7.05 Å². The van der Waals surface area contributed by atoms with Gasteiger partial charge in [-0.2, -0.15) is 0 Å². The van der Waals surface area contributed by atoms with Gasteiger partial charge in [-0.05, 0) is 12.1 Å². The van der Waals surface area contributed by atoms with E-state index in [1.54, 1.807) is 11.3 Å². The summed E-state index contributed by atoms with van der Waals surface area (Å²) in [4.78, 5) is 5.39. The van der Waals surface area contributed by atoms with Crippen LogP contribution in [0, 0.1) is 0 Å². The van der Waals surface area contributed by atoms with Crippen molar-refractivity contribution in [2.45, 2.75) is 0 Å². The minimum absolute atomic E-state index is 0.681. The molecule has 0 radical (unpaired) electrons. The Balaban J connectivity index is 2.54. The lowest BCUT2D eigenvalue weighted by atomic mass is 10.3. The Morgan fingerprint density at radius 3 is 2.79 bits per heavy atom. The molecule has 1 aromatic heterocycles. The van der Waals surface area contributed by atoms with Gasteiger partial charge in [0.2, 0.25) is 0 Å². The van der Waals surface area contributed by atoms with Crippen LogP contribution in [-0.4, -0.2) is 4.57 Å². The summed E-state index contributed by atoms with van der Waals surface area (Å²) in [7, 11) is 1.96. The van der Waals surface area contributed by atoms with Crippen LogP contribution in [0.25, 0.3) is 0 Å². The lowest BCUT2D eigenvalue weighted by Crippen LogP contribution is -2.07. The Morgan fingerprint density at radius 2 is 2.14 bits per heavy atom. The van der Waals surface area contributed by atoms with Gasteiger partial charge in [-0.25, -0.2) is 4.99 Å². The van der Waals surface area contributed by atoms with E-state index in [1.165, 1.54) is 0 Å². The van der Waals surface area contributed by atoms with Gasteiger partial charge in [-0.15, -0.1) is 11.3 Å². The highest BCUT2D eigenvalue weighted by Crippen LogP contribution is 2.22. The first-order valence-corrected chi connectivity index (χ1v) is 5.42. The smallest absolute Gasteiger partial charge is 0.189 e. The molecule has 0 unspecified atom stereocenters. The monoisotopic (exact) mass is 224 g/mol. The molecular weight excluding hydrogens is 216 g/mol. The van der Waals surface area contributed by atoms with Crippen LogP contribution in [0.15, 0.2) is 40.8 Å². The number of hydrogen-bond donors (Lipinski definition) is 0. The number of nitrogens with zero attached hydrogens (tertiary/aromatic N) is 2. The standard InChI is InChI=1S/C10H9ClN2S/c1-13-6-7-14-10(13)12-9-5-3-2-4-8(9)11/h2-7H,1H3. The minimum atomic E-state index is 0.681. The number of hydrogen-bond acceptors (Lipinski definition) is 2. The molecule has 4 heteroatoms. The number of thiazole rings is 1. The van der Waals surface area contributed by atoms with E-state index in [0.717, 1.165) is 10.5 Å². The van der Waals surface area contributed by atoms with Gasteiger partial charge in [0.25, 0.3) is 0 Å². The van der Waals surface area contributed by atoms with Crippen molar-refractivity contribution in [2.24, 2.45) is 12.0 Å². The quantitative estimate of drug-likeness (QED) is 0.709. The van der Waals surface area contributed by atoms with Crippen LogP contribution >= 0.6 is 22.9 Å². The van der Waals surface area contributed by atoms with Crippen molar-refractivity contribution in [3.05, 3.63) is 45.7 Å². The summed E-state index contributed by atoms with van der Waals surface area (Å²) >= 11 is 7.59. The third-order valence-corrected chi connectivity index (χ3v) is 3.00. The van der Waals surface area contributed by atoms with Crippen LogP contribution in [0.5, 0.6) is 0 Å². The summed E-state index contributed by atoms with van der Waals surface area (Å²) in [5.74, 6) is 0. The maximum atomic E-state index is 6.00. The van der Waals surface area contributed by atoms with Crippen molar-refractivity contribution < 1.29 is 0 Å². The number of rotatable bonds is 1. The first-order chi connectivity index (χ1) is 6.77. The summed E-state index contributed by atoms with van der Waals surface area (Å²) in [5.41, 5.74) is 0.812. The van der Waals surface area contributed by atoms with Gasteiger partial charge < -0.3 is 4.57 Å². The number of benzene rings is 1.